The number of nitrogen functional groups attached to an aromatic ring is 1. The second-order valence-electron chi connectivity index (χ2n) is 5.32. The van der Waals surface area contributed by atoms with Gasteiger partial charge in [-0.05, 0) is 44.4 Å². The van der Waals surface area contributed by atoms with Gasteiger partial charge in [0.1, 0.15) is 13.2 Å². The van der Waals surface area contributed by atoms with Crippen LogP contribution in [0.5, 0.6) is 0 Å². The van der Waals surface area contributed by atoms with Crippen molar-refractivity contribution in [2.75, 3.05) is 5.73 Å². The van der Waals surface area contributed by atoms with Gasteiger partial charge in [0.2, 0.25) is 0 Å². The Labute approximate surface area is 124 Å². The van der Waals surface area contributed by atoms with E-state index in [1.807, 2.05) is 39.0 Å². The lowest BCUT2D eigenvalue weighted by Crippen LogP contribution is -2.15. The molecule has 0 aliphatic carbocycles. The molecule has 1 aromatic heterocycles. The number of aryl methyl sites for hydroxylation is 3. The maximum atomic E-state index is 11.9. The molecular weight excluding hydrogens is 266 g/mol. The summed E-state index contributed by atoms with van der Waals surface area (Å²) >= 11 is 0. The number of carbonyl (C=O) groups is 1. The lowest BCUT2D eigenvalue weighted by molar-refractivity contribution is -0.145. The van der Waals surface area contributed by atoms with Gasteiger partial charge in [-0.25, -0.2) is 0 Å². The molecule has 0 aliphatic rings. The van der Waals surface area contributed by atoms with E-state index in [0.717, 1.165) is 17.0 Å². The number of benzene rings is 1. The third kappa shape index (κ3) is 3.42. The standard InChI is InChI=1S/C16H21N3O2/c1-10-5-6-14(7-11(10)2)9-21-15(20)8-19-13(4)16(17)12(3)18-19/h5-7H,8-9,17H2,1-4H3. The molecule has 112 valence electrons. The van der Waals surface area contributed by atoms with Crippen LogP contribution in [0.1, 0.15) is 28.1 Å². The van der Waals surface area contributed by atoms with Crippen molar-refractivity contribution in [2.45, 2.75) is 40.8 Å². The van der Waals surface area contributed by atoms with E-state index in [-0.39, 0.29) is 19.1 Å². The first-order valence-corrected chi connectivity index (χ1v) is 6.89. The van der Waals surface area contributed by atoms with Crippen molar-refractivity contribution in [1.29, 1.82) is 0 Å². The maximum Gasteiger partial charge on any atom is 0.328 e. The lowest BCUT2D eigenvalue weighted by atomic mass is 10.1. The molecule has 0 fully saturated rings. The van der Waals surface area contributed by atoms with Crippen molar-refractivity contribution in [3.8, 4) is 0 Å². The van der Waals surface area contributed by atoms with Gasteiger partial charge < -0.3 is 10.5 Å². The Hall–Kier alpha value is -2.30. The average Bonchev–Trinajstić information content (AvgIpc) is 2.68. The molecule has 0 saturated heterocycles. The summed E-state index contributed by atoms with van der Waals surface area (Å²) in [7, 11) is 0. The number of rotatable bonds is 4. The Kier molecular flexibility index (Phi) is 4.31. The predicted octanol–water partition coefficient (Wildman–Crippen LogP) is 2.44. The quantitative estimate of drug-likeness (QED) is 0.877. The summed E-state index contributed by atoms with van der Waals surface area (Å²) in [6.45, 7) is 8.10. The molecule has 2 aromatic rings. The Balaban J connectivity index is 1.95. The molecule has 0 atom stereocenters. The van der Waals surface area contributed by atoms with Gasteiger partial charge in [0.25, 0.3) is 0 Å². The highest BCUT2D eigenvalue weighted by Crippen LogP contribution is 2.15. The Bertz CT molecular complexity index is 674. The molecule has 2 N–H and O–H groups in total. The van der Waals surface area contributed by atoms with Crippen LogP contribution < -0.4 is 5.73 Å². The van der Waals surface area contributed by atoms with Crippen LogP contribution in [0, 0.1) is 27.7 Å². The summed E-state index contributed by atoms with van der Waals surface area (Å²) in [5, 5.41) is 4.22. The fourth-order valence-electron chi connectivity index (χ4n) is 2.09. The first-order valence-electron chi connectivity index (χ1n) is 6.89. The highest BCUT2D eigenvalue weighted by molar-refractivity contribution is 5.69. The minimum Gasteiger partial charge on any atom is -0.459 e. The fourth-order valence-corrected chi connectivity index (χ4v) is 2.09. The zero-order chi connectivity index (χ0) is 15.6. The number of nitrogens with two attached hydrogens (primary N) is 1. The normalized spacial score (nSPS) is 10.7. The van der Waals surface area contributed by atoms with Gasteiger partial charge in [0.15, 0.2) is 0 Å². The molecule has 21 heavy (non-hydrogen) atoms. The van der Waals surface area contributed by atoms with Crippen LogP contribution in [-0.4, -0.2) is 15.7 Å². The van der Waals surface area contributed by atoms with E-state index in [1.165, 1.54) is 11.1 Å². The van der Waals surface area contributed by atoms with Crippen molar-refractivity contribution >= 4 is 11.7 Å². The Morgan fingerprint density at radius 1 is 1.24 bits per heavy atom. The van der Waals surface area contributed by atoms with Crippen LogP contribution in [0.3, 0.4) is 0 Å². The third-order valence-corrected chi connectivity index (χ3v) is 3.69. The molecule has 0 radical (unpaired) electrons. The molecule has 0 amide bonds. The number of carbonyl (C=O) groups excluding carboxylic acids is 1. The number of anilines is 1. The summed E-state index contributed by atoms with van der Waals surface area (Å²) in [4.78, 5) is 11.9. The van der Waals surface area contributed by atoms with Crippen molar-refractivity contribution in [2.24, 2.45) is 0 Å². The van der Waals surface area contributed by atoms with Gasteiger partial charge in [-0.2, -0.15) is 5.10 Å². The van der Waals surface area contributed by atoms with Crippen molar-refractivity contribution in [3.05, 3.63) is 46.3 Å². The minimum atomic E-state index is -0.321. The summed E-state index contributed by atoms with van der Waals surface area (Å²) < 4.78 is 6.87. The first-order chi connectivity index (χ1) is 9.88. The Morgan fingerprint density at radius 3 is 2.52 bits per heavy atom. The number of hydrogen-bond donors (Lipinski definition) is 1. The van der Waals surface area contributed by atoms with Crippen LogP contribution in [0.25, 0.3) is 0 Å². The van der Waals surface area contributed by atoms with Crippen molar-refractivity contribution < 1.29 is 9.53 Å². The zero-order valence-electron chi connectivity index (χ0n) is 12.9. The molecule has 0 aliphatic heterocycles. The summed E-state index contributed by atoms with van der Waals surface area (Å²) in [6, 6.07) is 6.03. The SMILES string of the molecule is Cc1ccc(COC(=O)Cn2nc(C)c(N)c2C)cc1C. The van der Waals surface area contributed by atoms with Gasteiger partial charge in [0, 0.05) is 0 Å². The molecule has 1 heterocycles. The van der Waals surface area contributed by atoms with Gasteiger partial charge >= 0.3 is 5.97 Å². The van der Waals surface area contributed by atoms with Crippen molar-refractivity contribution in [1.82, 2.24) is 9.78 Å². The molecule has 5 heteroatoms. The lowest BCUT2D eigenvalue weighted by Gasteiger charge is -2.08. The van der Waals surface area contributed by atoms with Gasteiger partial charge in [-0.1, -0.05) is 18.2 Å². The second kappa shape index (κ2) is 5.99. The number of esters is 1. The predicted molar refractivity (Wildman–Crippen MR) is 81.8 cm³/mol. The summed E-state index contributed by atoms with van der Waals surface area (Å²) in [5.74, 6) is -0.321. The van der Waals surface area contributed by atoms with E-state index in [9.17, 15) is 4.79 Å². The zero-order valence-corrected chi connectivity index (χ0v) is 12.9. The number of aromatic nitrogens is 2. The van der Waals surface area contributed by atoms with Crippen molar-refractivity contribution in [3.63, 3.8) is 0 Å². The molecule has 0 bridgehead atoms. The van der Waals surface area contributed by atoms with Crippen LogP contribution in [0.15, 0.2) is 18.2 Å². The molecule has 0 unspecified atom stereocenters. The van der Waals surface area contributed by atoms with Gasteiger partial charge in [-0.15, -0.1) is 0 Å². The highest BCUT2D eigenvalue weighted by atomic mass is 16.5. The van der Waals surface area contributed by atoms with E-state index in [4.69, 9.17) is 10.5 Å². The minimum absolute atomic E-state index is 0.0781. The largest absolute Gasteiger partial charge is 0.459 e. The first kappa shape index (κ1) is 15.1. The van der Waals surface area contributed by atoms with Crippen LogP contribution in [0.4, 0.5) is 5.69 Å². The monoisotopic (exact) mass is 287 g/mol. The number of hydrogen-bond acceptors (Lipinski definition) is 4. The maximum absolute atomic E-state index is 11.9. The smallest absolute Gasteiger partial charge is 0.328 e. The fraction of sp³-hybridized carbons (Fsp3) is 0.375. The van der Waals surface area contributed by atoms with E-state index in [0.29, 0.717) is 5.69 Å². The van der Waals surface area contributed by atoms with E-state index < -0.39 is 0 Å². The van der Waals surface area contributed by atoms with Crippen LogP contribution in [-0.2, 0) is 22.7 Å². The number of nitrogens with zero attached hydrogens (tertiary/aromatic N) is 2. The van der Waals surface area contributed by atoms with E-state index >= 15 is 0 Å². The van der Waals surface area contributed by atoms with Gasteiger partial charge in [-0.3, -0.25) is 9.48 Å². The van der Waals surface area contributed by atoms with E-state index in [2.05, 4.69) is 12.0 Å². The molecule has 0 saturated carbocycles. The molecular formula is C16H21N3O2. The third-order valence-electron chi connectivity index (χ3n) is 3.69. The van der Waals surface area contributed by atoms with Gasteiger partial charge in [0.05, 0.1) is 17.1 Å². The average molecular weight is 287 g/mol. The molecule has 2 rings (SSSR count). The molecule has 1 aromatic carbocycles. The topological polar surface area (TPSA) is 70.1 Å². The van der Waals surface area contributed by atoms with Crippen LogP contribution >= 0.6 is 0 Å². The van der Waals surface area contributed by atoms with E-state index in [1.54, 1.807) is 4.68 Å². The second-order valence-corrected chi connectivity index (χ2v) is 5.32. The Morgan fingerprint density at radius 2 is 1.95 bits per heavy atom. The van der Waals surface area contributed by atoms with Crippen LogP contribution in [0.2, 0.25) is 0 Å². The highest BCUT2D eigenvalue weighted by Gasteiger charge is 2.12. The number of ether oxygens (including phenoxy) is 1. The summed E-state index contributed by atoms with van der Waals surface area (Å²) in [5.41, 5.74) is 11.4. The molecule has 0 spiro atoms. The molecule has 5 nitrogen and oxygen atoms in total. The summed E-state index contributed by atoms with van der Waals surface area (Å²) in [6.07, 6.45) is 0.